The Morgan fingerprint density at radius 1 is 1.09 bits per heavy atom. The van der Waals surface area contributed by atoms with E-state index in [0.717, 1.165) is 49.1 Å². The van der Waals surface area contributed by atoms with E-state index in [4.69, 9.17) is 5.11 Å². The van der Waals surface area contributed by atoms with Crippen molar-refractivity contribution in [2.24, 2.45) is 0 Å². The zero-order valence-corrected chi connectivity index (χ0v) is 17.8. The highest BCUT2D eigenvalue weighted by Crippen LogP contribution is 2.31. The summed E-state index contributed by atoms with van der Waals surface area (Å²) in [6.07, 6.45) is 0.479. The van der Waals surface area contributed by atoms with E-state index in [0.29, 0.717) is 12.1 Å². The molecule has 3 aromatic rings. The van der Waals surface area contributed by atoms with Gasteiger partial charge in [-0.3, -0.25) is 9.88 Å². The van der Waals surface area contributed by atoms with Crippen LogP contribution in [0, 0.1) is 5.82 Å². The number of piperazine rings is 1. The second kappa shape index (κ2) is 9.70. The maximum Gasteiger partial charge on any atom is 0.266 e. The second-order valence-electron chi connectivity index (χ2n) is 7.89. The molecule has 1 aromatic carbocycles. The number of aromatic nitrogens is 2. The van der Waals surface area contributed by atoms with Crippen LogP contribution in [0.2, 0.25) is 0 Å². The Morgan fingerprint density at radius 3 is 2.56 bits per heavy atom. The van der Waals surface area contributed by atoms with Gasteiger partial charge in [0.2, 0.25) is 0 Å². The summed E-state index contributed by atoms with van der Waals surface area (Å²) in [6.45, 7) is 5.83. The van der Waals surface area contributed by atoms with E-state index in [1.165, 1.54) is 12.1 Å². The van der Waals surface area contributed by atoms with Gasteiger partial charge in [-0.25, -0.2) is 18.2 Å². The van der Waals surface area contributed by atoms with Gasteiger partial charge in [0, 0.05) is 55.6 Å². The SMILES string of the molecule is C[C@@H](Nc1ccnc2cnc(N3CCN(CCO)CC3)cc12)c1cccc(C(F)F)c1F. The fourth-order valence-corrected chi connectivity index (χ4v) is 4.06. The lowest BCUT2D eigenvalue weighted by Gasteiger charge is -2.35. The standard InChI is InChI=1S/C23H26F3N5O/c1-15(16-3-2-4-17(22(16)24)23(25)26)29-19-5-6-27-20-14-28-21(13-18(19)20)31-9-7-30(8-10-31)11-12-32/h2-6,13-15,23,32H,7-12H2,1H3,(H,27,29)/t15-/m1/s1. The molecule has 2 aromatic heterocycles. The highest BCUT2D eigenvalue weighted by molar-refractivity contribution is 5.92. The first kappa shape index (κ1) is 22.3. The number of hydrogen-bond donors (Lipinski definition) is 2. The van der Waals surface area contributed by atoms with Crippen LogP contribution in [0.15, 0.2) is 42.7 Å². The quantitative estimate of drug-likeness (QED) is 0.573. The summed E-state index contributed by atoms with van der Waals surface area (Å²) in [5.74, 6) is -0.0697. The van der Waals surface area contributed by atoms with E-state index in [2.05, 4.69) is 25.1 Å². The minimum atomic E-state index is -2.87. The summed E-state index contributed by atoms with van der Waals surface area (Å²) in [6, 6.07) is 7.28. The number of benzene rings is 1. The molecular formula is C23H26F3N5O. The van der Waals surface area contributed by atoms with E-state index in [-0.39, 0.29) is 12.2 Å². The molecule has 0 unspecified atom stereocenters. The van der Waals surface area contributed by atoms with Crippen LogP contribution in [-0.4, -0.2) is 59.3 Å². The number of rotatable bonds is 7. The van der Waals surface area contributed by atoms with Gasteiger partial charge in [0.1, 0.15) is 11.6 Å². The van der Waals surface area contributed by atoms with Gasteiger partial charge in [-0.1, -0.05) is 18.2 Å². The van der Waals surface area contributed by atoms with Crippen LogP contribution >= 0.6 is 0 Å². The highest BCUT2D eigenvalue weighted by atomic mass is 19.3. The lowest BCUT2D eigenvalue weighted by molar-refractivity contribution is 0.146. The molecule has 0 spiro atoms. The smallest absolute Gasteiger partial charge is 0.266 e. The Kier molecular flexibility index (Phi) is 6.76. The number of anilines is 2. The summed E-state index contributed by atoms with van der Waals surface area (Å²) in [5.41, 5.74) is 1.00. The van der Waals surface area contributed by atoms with Crippen molar-refractivity contribution in [3.05, 3.63) is 59.7 Å². The number of aliphatic hydroxyl groups excluding tert-OH is 1. The first-order valence-corrected chi connectivity index (χ1v) is 10.6. The maximum absolute atomic E-state index is 14.6. The molecule has 0 bridgehead atoms. The Labute approximate surface area is 184 Å². The molecule has 1 atom stereocenters. The average molecular weight is 445 g/mol. The van der Waals surface area contributed by atoms with Crippen LogP contribution in [0.25, 0.3) is 10.9 Å². The third-order valence-electron chi connectivity index (χ3n) is 5.86. The van der Waals surface area contributed by atoms with Crippen molar-refractivity contribution in [3.63, 3.8) is 0 Å². The molecule has 1 aliphatic rings. The normalized spacial score (nSPS) is 16.0. The van der Waals surface area contributed by atoms with Gasteiger partial charge >= 0.3 is 0 Å². The predicted molar refractivity (Wildman–Crippen MR) is 119 cm³/mol. The van der Waals surface area contributed by atoms with Crippen molar-refractivity contribution in [2.45, 2.75) is 19.4 Å². The number of nitrogens with zero attached hydrogens (tertiary/aromatic N) is 4. The van der Waals surface area contributed by atoms with Crippen molar-refractivity contribution in [2.75, 3.05) is 49.5 Å². The summed E-state index contributed by atoms with van der Waals surface area (Å²) in [7, 11) is 0. The minimum absolute atomic E-state index is 0.147. The molecule has 9 heteroatoms. The van der Waals surface area contributed by atoms with E-state index < -0.39 is 23.8 Å². The fourth-order valence-electron chi connectivity index (χ4n) is 4.06. The van der Waals surface area contributed by atoms with Crippen LogP contribution in [-0.2, 0) is 0 Å². The number of fused-ring (bicyclic) bond motifs is 1. The summed E-state index contributed by atoms with van der Waals surface area (Å²) in [4.78, 5) is 13.3. The first-order chi connectivity index (χ1) is 15.5. The van der Waals surface area contributed by atoms with Gasteiger partial charge in [-0.05, 0) is 19.1 Å². The Bertz CT molecular complexity index is 1070. The van der Waals surface area contributed by atoms with E-state index in [1.807, 2.05) is 6.07 Å². The van der Waals surface area contributed by atoms with Crippen molar-refractivity contribution in [1.29, 1.82) is 0 Å². The van der Waals surface area contributed by atoms with Crippen molar-refractivity contribution >= 4 is 22.4 Å². The Balaban J connectivity index is 1.58. The monoisotopic (exact) mass is 445 g/mol. The molecule has 4 rings (SSSR count). The lowest BCUT2D eigenvalue weighted by atomic mass is 10.0. The van der Waals surface area contributed by atoms with Crippen LogP contribution in [0.5, 0.6) is 0 Å². The maximum atomic E-state index is 14.6. The summed E-state index contributed by atoms with van der Waals surface area (Å²) in [5, 5.41) is 13.2. The van der Waals surface area contributed by atoms with Crippen LogP contribution < -0.4 is 10.2 Å². The number of pyridine rings is 2. The van der Waals surface area contributed by atoms with Gasteiger partial charge < -0.3 is 15.3 Å². The predicted octanol–water partition coefficient (Wildman–Crippen LogP) is 3.99. The molecule has 6 nitrogen and oxygen atoms in total. The van der Waals surface area contributed by atoms with Crippen molar-refractivity contribution in [1.82, 2.24) is 14.9 Å². The number of hydrogen-bond acceptors (Lipinski definition) is 6. The third kappa shape index (κ3) is 4.63. The second-order valence-corrected chi connectivity index (χ2v) is 7.89. The largest absolute Gasteiger partial charge is 0.395 e. The van der Waals surface area contributed by atoms with Gasteiger partial charge in [-0.15, -0.1) is 0 Å². The summed E-state index contributed by atoms with van der Waals surface area (Å²) < 4.78 is 40.8. The van der Waals surface area contributed by atoms with Gasteiger partial charge in [0.05, 0.1) is 29.9 Å². The molecule has 0 saturated carbocycles. The lowest BCUT2D eigenvalue weighted by Crippen LogP contribution is -2.47. The number of alkyl halides is 2. The minimum Gasteiger partial charge on any atom is -0.395 e. The zero-order chi connectivity index (χ0) is 22.7. The number of nitrogens with one attached hydrogen (secondary N) is 1. The molecule has 32 heavy (non-hydrogen) atoms. The Morgan fingerprint density at radius 2 is 1.84 bits per heavy atom. The highest BCUT2D eigenvalue weighted by Gasteiger charge is 2.21. The first-order valence-electron chi connectivity index (χ1n) is 10.6. The number of aliphatic hydroxyl groups is 1. The molecule has 0 amide bonds. The van der Waals surface area contributed by atoms with Gasteiger partial charge in [0.25, 0.3) is 6.43 Å². The van der Waals surface area contributed by atoms with Gasteiger partial charge in [0.15, 0.2) is 0 Å². The van der Waals surface area contributed by atoms with Crippen molar-refractivity contribution in [3.8, 4) is 0 Å². The molecule has 1 fully saturated rings. The molecule has 170 valence electrons. The van der Waals surface area contributed by atoms with Crippen LogP contribution in [0.4, 0.5) is 24.7 Å². The van der Waals surface area contributed by atoms with Gasteiger partial charge in [-0.2, -0.15) is 0 Å². The average Bonchev–Trinajstić information content (AvgIpc) is 2.79. The van der Waals surface area contributed by atoms with Crippen LogP contribution in [0.1, 0.15) is 30.5 Å². The van der Waals surface area contributed by atoms with E-state index in [1.54, 1.807) is 25.4 Å². The zero-order valence-electron chi connectivity index (χ0n) is 17.8. The molecule has 1 aliphatic heterocycles. The molecule has 0 aliphatic carbocycles. The number of β-amino-alcohol motifs (C(OH)–C–C–N with tert-alkyl or cyclic N) is 1. The van der Waals surface area contributed by atoms with Crippen molar-refractivity contribution < 1.29 is 18.3 Å². The third-order valence-corrected chi connectivity index (χ3v) is 5.86. The number of halogens is 3. The van der Waals surface area contributed by atoms with E-state index >= 15 is 0 Å². The fraction of sp³-hybridized carbons (Fsp3) is 0.391. The topological polar surface area (TPSA) is 64.5 Å². The molecule has 3 heterocycles. The summed E-state index contributed by atoms with van der Waals surface area (Å²) >= 11 is 0. The molecule has 1 saturated heterocycles. The molecule has 2 N–H and O–H groups in total. The van der Waals surface area contributed by atoms with Crippen LogP contribution in [0.3, 0.4) is 0 Å². The molecular weight excluding hydrogens is 419 g/mol. The van der Waals surface area contributed by atoms with E-state index in [9.17, 15) is 13.2 Å². The Hall–Kier alpha value is -2.91. The molecule has 0 radical (unpaired) electrons.